The van der Waals surface area contributed by atoms with Gasteiger partial charge in [0.25, 0.3) is 5.91 Å². The first-order valence-electron chi connectivity index (χ1n) is 9.27. The summed E-state index contributed by atoms with van der Waals surface area (Å²) in [6.45, 7) is 5.64. The van der Waals surface area contributed by atoms with Gasteiger partial charge in [-0.05, 0) is 51.0 Å². The lowest BCUT2D eigenvalue weighted by molar-refractivity contribution is 0.0761. The van der Waals surface area contributed by atoms with E-state index in [0.29, 0.717) is 11.5 Å². The zero-order valence-electron chi connectivity index (χ0n) is 15.4. The number of nitrogens with one attached hydrogen (secondary N) is 1. The molecule has 1 aliphatic rings. The van der Waals surface area contributed by atoms with Crippen molar-refractivity contribution in [2.45, 2.75) is 45.6 Å². The standard InChI is InChI=1S/C20H26N4O2/c1-15(2)26-18-9-7-17(8-10-18)23-20-21-13-16(14-22-20)19(25)24-11-5-3-4-6-12-24/h7-10,13-15H,3-6,11-12H2,1-2H3,(H,21,22,23). The Balaban J connectivity index is 1.61. The fourth-order valence-corrected chi connectivity index (χ4v) is 2.98. The van der Waals surface area contributed by atoms with Crippen molar-refractivity contribution in [3.63, 3.8) is 0 Å². The van der Waals surface area contributed by atoms with Crippen LogP contribution in [0.25, 0.3) is 0 Å². The van der Waals surface area contributed by atoms with Crippen LogP contribution in [0.5, 0.6) is 5.75 Å². The Morgan fingerprint density at radius 3 is 2.23 bits per heavy atom. The Morgan fingerprint density at radius 2 is 1.65 bits per heavy atom. The first-order chi connectivity index (χ1) is 12.6. The highest BCUT2D eigenvalue weighted by Crippen LogP contribution is 2.19. The highest BCUT2D eigenvalue weighted by Gasteiger charge is 2.17. The summed E-state index contributed by atoms with van der Waals surface area (Å²) >= 11 is 0. The molecule has 26 heavy (non-hydrogen) atoms. The van der Waals surface area contributed by atoms with Gasteiger partial charge >= 0.3 is 0 Å². The number of benzene rings is 1. The van der Waals surface area contributed by atoms with Crippen LogP contribution in [-0.4, -0.2) is 40.0 Å². The van der Waals surface area contributed by atoms with Crippen LogP contribution in [0.1, 0.15) is 49.9 Å². The number of carbonyl (C=O) groups excluding carboxylic acids is 1. The average Bonchev–Trinajstić information content (AvgIpc) is 2.92. The molecule has 1 aromatic carbocycles. The second-order valence-corrected chi connectivity index (χ2v) is 6.82. The van der Waals surface area contributed by atoms with Gasteiger partial charge < -0.3 is 15.0 Å². The van der Waals surface area contributed by atoms with E-state index in [4.69, 9.17) is 4.74 Å². The third-order valence-electron chi connectivity index (χ3n) is 4.27. The van der Waals surface area contributed by atoms with Crippen molar-refractivity contribution in [2.24, 2.45) is 0 Å². The predicted molar refractivity (Wildman–Crippen MR) is 102 cm³/mol. The molecule has 6 nitrogen and oxygen atoms in total. The van der Waals surface area contributed by atoms with Gasteiger partial charge in [-0.1, -0.05) is 12.8 Å². The minimum absolute atomic E-state index is 0.0219. The lowest BCUT2D eigenvalue weighted by atomic mass is 10.2. The van der Waals surface area contributed by atoms with Gasteiger partial charge in [0.2, 0.25) is 5.95 Å². The number of aromatic nitrogens is 2. The number of hydrogen-bond acceptors (Lipinski definition) is 5. The highest BCUT2D eigenvalue weighted by molar-refractivity contribution is 5.93. The molecule has 2 heterocycles. The van der Waals surface area contributed by atoms with Gasteiger partial charge in [-0.25, -0.2) is 9.97 Å². The second kappa shape index (κ2) is 8.65. The number of rotatable bonds is 5. The first kappa shape index (κ1) is 18.2. The molecular formula is C20H26N4O2. The van der Waals surface area contributed by atoms with Crippen LogP contribution >= 0.6 is 0 Å². The Morgan fingerprint density at radius 1 is 1.04 bits per heavy atom. The summed E-state index contributed by atoms with van der Waals surface area (Å²) in [7, 11) is 0. The molecule has 0 bridgehead atoms. The van der Waals surface area contributed by atoms with Crippen LogP contribution in [0, 0.1) is 0 Å². The van der Waals surface area contributed by atoms with Gasteiger partial charge in [0, 0.05) is 31.2 Å². The van der Waals surface area contributed by atoms with E-state index >= 15 is 0 Å². The van der Waals surface area contributed by atoms with Crippen molar-refractivity contribution in [2.75, 3.05) is 18.4 Å². The van der Waals surface area contributed by atoms with Gasteiger partial charge in [0.1, 0.15) is 5.75 Å². The quantitative estimate of drug-likeness (QED) is 0.878. The van der Waals surface area contributed by atoms with E-state index in [0.717, 1.165) is 37.4 Å². The summed E-state index contributed by atoms with van der Waals surface area (Å²) in [6, 6.07) is 7.63. The van der Waals surface area contributed by atoms with Gasteiger partial charge in [-0.15, -0.1) is 0 Å². The molecule has 0 radical (unpaired) electrons. The zero-order chi connectivity index (χ0) is 18.4. The third kappa shape index (κ3) is 4.94. The molecule has 1 amide bonds. The lowest BCUT2D eigenvalue weighted by Gasteiger charge is -2.19. The summed E-state index contributed by atoms with van der Waals surface area (Å²) in [5.41, 5.74) is 1.41. The zero-order valence-corrected chi connectivity index (χ0v) is 15.4. The molecule has 0 spiro atoms. The molecule has 0 saturated carbocycles. The van der Waals surface area contributed by atoms with Crippen LogP contribution in [0.15, 0.2) is 36.7 Å². The summed E-state index contributed by atoms with van der Waals surface area (Å²) in [4.78, 5) is 23.0. The lowest BCUT2D eigenvalue weighted by Crippen LogP contribution is -2.32. The normalized spacial score (nSPS) is 14.8. The van der Waals surface area contributed by atoms with Crippen molar-refractivity contribution in [3.8, 4) is 5.75 Å². The minimum atomic E-state index is 0.0219. The Bertz CT molecular complexity index is 706. The van der Waals surface area contributed by atoms with E-state index in [9.17, 15) is 4.79 Å². The molecule has 6 heteroatoms. The highest BCUT2D eigenvalue weighted by atomic mass is 16.5. The maximum absolute atomic E-state index is 12.6. The minimum Gasteiger partial charge on any atom is -0.491 e. The number of carbonyl (C=O) groups is 1. The summed E-state index contributed by atoms with van der Waals surface area (Å²) in [5, 5.41) is 3.14. The van der Waals surface area contributed by atoms with Crippen molar-refractivity contribution in [1.82, 2.24) is 14.9 Å². The first-order valence-corrected chi connectivity index (χ1v) is 9.27. The fourth-order valence-electron chi connectivity index (χ4n) is 2.98. The van der Waals surface area contributed by atoms with Crippen LogP contribution in [-0.2, 0) is 0 Å². The Kier molecular flexibility index (Phi) is 6.04. The summed E-state index contributed by atoms with van der Waals surface area (Å²) in [5.74, 6) is 1.31. The van der Waals surface area contributed by atoms with Crippen molar-refractivity contribution < 1.29 is 9.53 Å². The van der Waals surface area contributed by atoms with Crippen molar-refractivity contribution in [3.05, 3.63) is 42.2 Å². The maximum atomic E-state index is 12.6. The van der Waals surface area contributed by atoms with E-state index < -0.39 is 0 Å². The van der Waals surface area contributed by atoms with E-state index in [1.54, 1.807) is 12.4 Å². The van der Waals surface area contributed by atoms with E-state index in [2.05, 4.69) is 15.3 Å². The largest absolute Gasteiger partial charge is 0.491 e. The average molecular weight is 354 g/mol. The molecule has 2 aromatic rings. The summed E-state index contributed by atoms with van der Waals surface area (Å²) in [6.07, 6.45) is 7.88. The van der Waals surface area contributed by atoms with E-state index in [1.807, 2.05) is 43.0 Å². The molecule has 0 aliphatic carbocycles. The topological polar surface area (TPSA) is 67.3 Å². The fraction of sp³-hybridized carbons (Fsp3) is 0.450. The smallest absolute Gasteiger partial charge is 0.256 e. The number of likely N-dealkylation sites (tertiary alicyclic amines) is 1. The molecule has 3 rings (SSSR count). The van der Waals surface area contributed by atoms with Crippen molar-refractivity contribution >= 4 is 17.5 Å². The molecule has 138 valence electrons. The second-order valence-electron chi connectivity index (χ2n) is 6.82. The molecule has 1 N–H and O–H groups in total. The van der Waals surface area contributed by atoms with Gasteiger partial charge in [0.15, 0.2) is 0 Å². The van der Waals surface area contributed by atoms with E-state index in [1.165, 1.54) is 12.8 Å². The molecule has 1 aromatic heterocycles. The molecule has 0 atom stereocenters. The van der Waals surface area contributed by atoms with Crippen LogP contribution < -0.4 is 10.1 Å². The molecule has 1 aliphatic heterocycles. The third-order valence-corrected chi connectivity index (χ3v) is 4.27. The van der Waals surface area contributed by atoms with Crippen LogP contribution in [0.3, 0.4) is 0 Å². The molecule has 0 unspecified atom stereocenters. The Hall–Kier alpha value is -2.63. The number of ether oxygens (including phenoxy) is 1. The molecule has 1 saturated heterocycles. The Labute approximate surface area is 154 Å². The molecular weight excluding hydrogens is 328 g/mol. The summed E-state index contributed by atoms with van der Waals surface area (Å²) < 4.78 is 5.63. The van der Waals surface area contributed by atoms with E-state index in [-0.39, 0.29) is 12.0 Å². The number of anilines is 2. The van der Waals surface area contributed by atoms with Crippen LogP contribution in [0.4, 0.5) is 11.6 Å². The number of nitrogens with zero attached hydrogens (tertiary/aromatic N) is 3. The van der Waals surface area contributed by atoms with Gasteiger partial charge in [-0.3, -0.25) is 4.79 Å². The van der Waals surface area contributed by atoms with Crippen LogP contribution in [0.2, 0.25) is 0 Å². The maximum Gasteiger partial charge on any atom is 0.256 e. The SMILES string of the molecule is CC(C)Oc1ccc(Nc2ncc(C(=O)N3CCCCCC3)cn2)cc1. The van der Waals surface area contributed by atoms with Gasteiger partial charge in [-0.2, -0.15) is 0 Å². The van der Waals surface area contributed by atoms with Gasteiger partial charge in [0.05, 0.1) is 11.7 Å². The molecule has 1 fully saturated rings. The number of hydrogen-bond donors (Lipinski definition) is 1. The predicted octanol–water partition coefficient (Wildman–Crippen LogP) is 4.02. The number of amides is 1. The monoisotopic (exact) mass is 354 g/mol. The van der Waals surface area contributed by atoms with Crippen molar-refractivity contribution in [1.29, 1.82) is 0 Å².